The van der Waals surface area contributed by atoms with Crippen LogP contribution >= 0.6 is 43.5 Å². The minimum absolute atomic E-state index is 0.221. The Bertz CT molecular complexity index is 734. The molecule has 1 atom stereocenters. The highest BCUT2D eigenvalue weighted by Gasteiger charge is 2.12. The zero-order valence-electron chi connectivity index (χ0n) is 13.3. The maximum Gasteiger partial charge on any atom is 0.349 e. The third kappa shape index (κ3) is 5.23. The Kier molecular flexibility index (Phi) is 7.14. The molecule has 6 heteroatoms. The monoisotopic (exact) mass is 474 g/mol. The predicted octanol–water partition coefficient (Wildman–Crippen LogP) is 6.36. The van der Waals surface area contributed by atoms with E-state index in [-0.39, 0.29) is 6.61 Å². The van der Waals surface area contributed by atoms with Crippen LogP contribution in [0.25, 0.3) is 0 Å². The number of hydrogen-bond donors (Lipinski definition) is 0. The smallest absolute Gasteiger partial charge is 0.349 e. The van der Waals surface area contributed by atoms with Crippen molar-refractivity contribution in [1.29, 1.82) is 0 Å². The van der Waals surface area contributed by atoms with E-state index in [2.05, 4.69) is 45.7 Å². The minimum atomic E-state index is -0.494. The van der Waals surface area contributed by atoms with Crippen LogP contribution in [0, 0.1) is 0 Å². The molecule has 0 spiro atoms. The highest BCUT2D eigenvalue weighted by atomic mass is 79.9. The molecule has 0 N–H and O–H groups in total. The van der Waals surface area contributed by atoms with E-state index in [4.69, 9.17) is 21.1 Å². The maximum atomic E-state index is 12.0. The molecule has 2 aromatic rings. The first-order valence-corrected chi connectivity index (χ1v) is 9.45. The van der Waals surface area contributed by atoms with Crippen LogP contribution < -0.4 is 9.47 Å². The third-order valence-electron chi connectivity index (χ3n) is 3.60. The third-order valence-corrected chi connectivity index (χ3v) is 5.01. The van der Waals surface area contributed by atoms with Crippen molar-refractivity contribution in [2.45, 2.75) is 26.2 Å². The second-order valence-electron chi connectivity index (χ2n) is 5.34. The Balaban J connectivity index is 1.97. The molecule has 0 bridgehead atoms. The Morgan fingerprint density at radius 3 is 2.50 bits per heavy atom. The molecule has 2 aromatic carbocycles. The van der Waals surface area contributed by atoms with Gasteiger partial charge in [-0.3, -0.25) is 0 Å². The predicted molar refractivity (Wildman–Crippen MR) is 103 cm³/mol. The summed E-state index contributed by atoms with van der Waals surface area (Å²) in [6.07, 6.45) is 1.05. The summed E-state index contributed by atoms with van der Waals surface area (Å²) in [5.74, 6) is 0.862. The van der Waals surface area contributed by atoms with Crippen molar-refractivity contribution in [3.63, 3.8) is 0 Å². The number of hydrogen-bond acceptors (Lipinski definition) is 3. The van der Waals surface area contributed by atoms with Crippen molar-refractivity contribution >= 4 is 49.4 Å². The van der Waals surface area contributed by atoms with Gasteiger partial charge in [0.05, 0.1) is 9.50 Å². The summed E-state index contributed by atoms with van der Waals surface area (Å²) in [7, 11) is 0. The van der Waals surface area contributed by atoms with Gasteiger partial charge in [0.2, 0.25) is 0 Å². The van der Waals surface area contributed by atoms with Gasteiger partial charge >= 0.3 is 5.97 Å². The van der Waals surface area contributed by atoms with Gasteiger partial charge < -0.3 is 9.47 Å². The number of halogens is 3. The SMILES string of the molecule is CCC(C)c1ccc(OC(=O)COc2ccc(Br)cc2Cl)c(Br)c1. The lowest BCUT2D eigenvalue weighted by Crippen LogP contribution is -2.18. The molecular weight excluding hydrogens is 459 g/mol. The molecule has 0 amide bonds. The number of ether oxygens (including phenoxy) is 2. The van der Waals surface area contributed by atoms with Crippen molar-refractivity contribution in [2.75, 3.05) is 6.61 Å². The van der Waals surface area contributed by atoms with Crippen molar-refractivity contribution in [3.8, 4) is 11.5 Å². The number of esters is 1. The summed E-state index contributed by atoms with van der Waals surface area (Å²) in [4.78, 5) is 12.0. The second kappa shape index (κ2) is 8.88. The number of rotatable bonds is 6. The van der Waals surface area contributed by atoms with E-state index in [0.717, 1.165) is 15.4 Å². The van der Waals surface area contributed by atoms with Gasteiger partial charge in [-0.1, -0.05) is 47.4 Å². The Morgan fingerprint density at radius 1 is 1.17 bits per heavy atom. The molecular formula is C18H17Br2ClO3. The molecule has 1 unspecified atom stereocenters. The highest BCUT2D eigenvalue weighted by molar-refractivity contribution is 9.10. The lowest BCUT2D eigenvalue weighted by atomic mass is 9.99. The average molecular weight is 477 g/mol. The van der Waals surface area contributed by atoms with Gasteiger partial charge in [0.1, 0.15) is 11.5 Å². The van der Waals surface area contributed by atoms with E-state index >= 15 is 0 Å². The molecule has 0 saturated heterocycles. The molecule has 128 valence electrons. The van der Waals surface area contributed by atoms with E-state index < -0.39 is 5.97 Å². The fraction of sp³-hybridized carbons (Fsp3) is 0.278. The van der Waals surface area contributed by atoms with Crippen LogP contribution in [-0.4, -0.2) is 12.6 Å². The largest absolute Gasteiger partial charge is 0.480 e. The first-order chi connectivity index (χ1) is 11.4. The van der Waals surface area contributed by atoms with Crippen LogP contribution in [0.4, 0.5) is 0 Å². The van der Waals surface area contributed by atoms with Gasteiger partial charge in [-0.05, 0) is 64.2 Å². The highest BCUT2D eigenvalue weighted by Crippen LogP contribution is 2.31. The molecule has 0 aliphatic carbocycles. The van der Waals surface area contributed by atoms with Crippen molar-refractivity contribution in [1.82, 2.24) is 0 Å². The van der Waals surface area contributed by atoms with Crippen LogP contribution in [0.1, 0.15) is 31.7 Å². The molecule has 0 aromatic heterocycles. The first kappa shape index (κ1) is 19.3. The van der Waals surface area contributed by atoms with Crippen LogP contribution in [0.5, 0.6) is 11.5 Å². The summed E-state index contributed by atoms with van der Waals surface area (Å²) in [5, 5.41) is 0.427. The lowest BCUT2D eigenvalue weighted by Gasteiger charge is -2.12. The van der Waals surface area contributed by atoms with Crippen molar-refractivity contribution in [2.24, 2.45) is 0 Å². The van der Waals surface area contributed by atoms with Crippen LogP contribution in [0.2, 0.25) is 5.02 Å². The average Bonchev–Trinajstić information content (AvgIpc) is 2.55. The van der Waals surface area contributed by atoms with E-state index in [1.807, 2.05) is 12.1 Å². The number of carbonyl (C=O) groups is 1. The van der Waals surface area contributed by atoms with E-state index in [1.165, 1.54) is 5.56 Å². The van der Waals surface area contributed by atoms with E-state index in [9.17, 15) is 4.79 Å². The first-order valence-electron chi connectivity index (χ1n) is 7.48. The van der Waals surface area contributed by atoms with Gasteiger partial charge in [0.15, 0.2) is 6.61 Å². The van der Waals surface area contributed by atoms with E-state index in [0.29, 0.717) is 22.4 Å². The van der Waals surface area contributed by atoms with Gasteiger partial charge in [-0.15, -0.1) is 0 Å². The zero-order chi connectivity index (χ0) is 17.7. The molecule has 0 aliphatic rings. The quantitative estimate of drug-likeness (QED) is 0.359. The van der Waals surface area contributed by atoms with Gasteiger partial charge in [-0.2, -0.15) is 0 Å². The summed E-state index contributed by atoms with van der Waals surface area (Å²) in [6.45, 7) is 4.07. The number of benzene rings is 2. The van der Waals surface area contributed by atoms with Gasteiger partial charge in [0, 0.05) is 4.47 Å². The summed E-state index contributed by atoms with van der Waals surface area (Å²) in [5.41, 5.74) is 1.20. The molecule has 0 fully saturated rings. The number of carbonyl (C=O) groups excluding carboxylic acids is 1. The van der Waals surface area contributed by atoms with E-state index in [1.54, 1.807) is 24.3 Å². The standard InChI is InChI=1S/C18H17Br2ClO3/c1-3-11(2)12-4-6-16(14(20)8-12)24-18(22)10-23-17-7-5-13(19)9-15(17)21/h4-9,11H,3,10H2,1-2H3. The normalized spacial score (nSPS) is 11.9. The van der Waals surface area contributed by atoms with Gasteiger partial charge in [0.25, 0.3) is 0 Å². The topological polar surface area (TPSA) is 35.5 Å². The summed E-state index contributed by atoms with van der Waals surface area (Å²) in [6, 6.07) is 10.9. The molecule has 2 rings (SSSR count). The molecule has 0 saturated carbocycles. The summed E-state index contributed by atoms with van der Waals surface area (Å²) < 4.78 is 12.3. The molecule has 0 heterocycles. The van der Waals surface area contributed by atoms with Crippen molar-refractivity contribution < 1.29 is 14.3 Å². The zero-order valence-corrected chi connectivity index (χ0v) is 17.2. The molecule has 0 radical (unpaired) electrons. The Morgan fingerprint density at radius 2 is 1.88 bits per heavy atom. The Hall–Kier alpha value is -1.04. The van der Waals surface area contributed by atoms with Crippen LogP contribution in [0.15, 0.2) is 45.3 Å². The fourth-order valence-corrected chi connectivity index (χ4v) is 3.23. The van der Waals surface area contributed by atoms with Crippen LogP contribution in [-0.2, 0) is 4.79 Å². The summed E-state index contributed by atoms with van der Waals surface area (Å²) >= 11 is 12.8. The minimum Gasteiger partial charge on any atom is -0.480 e. The fourth-order valence-electron chi connectivity index (χ4n) is 2.02. The molecule has 24 heavy (non-hydrogen) atoms. The second-order valence-corrected chi connectivity index (χ2v) is 7.51. The lowest BCUT2D eigenvalue weighted by molar-refractivity contribution is -0.136. The Labute approximate surface area is 163 Å². The maximum absolute atomic E-state index is 12.0. The molecule has 0 aliphatic heterocycles. The molecule has 3 nitrogen and oxygen atoms in total. The van der Waals surface area contributed by atoms with Gasteiger partial charge in [-0.25, -0.2) is 4.79 Å². The van der Waals surface area contributed by atoms with Crippen molar-refractivity contribution in [3.05, 3.63) is 55.9 Å². The van der Waals surface area contributed by atoms with Crippen LogP contribution in [0.3, 0.4) is 0 Å².